The van der Waals surface area contributed by atoms with Crippen LogP contribution in [-0.2, 0) is 19.1 Å². The molecule has 2 unspecified atom stereocenters. The van der Waals surface area contributed by atoms with Crippen LogP contribution in [0.3, 0.4) is 0 Å². The molecule has 3 aliphatic rings. The van der Waals surface area contributed by atoms with Gasteiger partial charge < -0.3 is 26.0 Å². The number of aliphatic hydroxyl groups is 1. The monoisotopic (exact) mass is 473 g/mol. The fourth-order valence-electron chi connectivity index (χ4n) is 5.30. The molecule has 2 heterocycles. The topological polar surface area (TPSA) is 159 Å². The van der Waals surface area contributed by atoms with Crippen LogP contribution >= 0.6 is 11.6 Å². The summed E-state index contributed by atoms with van der Waals surface area (Å²) in [6, 6.07) is -1.76. The number of nitrogens with one attached hydrogen (secondary N) is 1. The van der Waals surface area contributed by atoms with Crippen molar-refractivity contribution in [3.05, 3.63) is 0 Å². The number of aliphatic hydroxyl groups excluding tert-OH is 1. The van der Waals surface area contributed by atoms with E-state index in [1.807, 2.05) is 0 Å². The summed E-state index contributed by atoms with van der Waals surface area (Å²) in [5.74, 6) is -2.83. The number of nitrogens with two attached hydrogens (primary N) is 1. The van der Waals surface area contributed by atoms with Gasteiger partial charge in [0.15, 0.2) is 5.54 Å². The number of rotatable bonds is 8. The average molecular weight is 474 g/mol. The smallest absolute Gasteiger partial charge is 0.417 e. The van der Waals surface area contributed by atoms with Crippen molar-refractivity contribution in [3.8, 4) is 0 Å². The zero-order valence-corrected chi connectivity index (χ0v) is 19.1. The number of carboxylic acids is 1. The molecule has 3 amide bonds. The maximum absolute atomic E-state index is 13.1. The molecule has 5 atom stereocenters. The van der Waals surface area contributed by atoms with Gasteiger partial charge in [-0.3, -0.25) is 14.4 Å². The minimum Gasteiger partial charge on any atom is -0.480 e. The average Bonchev–Trinajstić information content (AvgIpc) is 2.98. The highest BCUT2D eigenvalue weighted by Gasteiger charge is 2.74. The lowest BCUT2D eigenvalue weighted by atomic mass is 9.69. The van der Waals surface area contributed by atoms with E-state index < -0.39 is 59.6 Å². The van der Waals surface area contributed by atoms with E-state index in [0.717, 1.165) is 4.90 Å². The second kappa shape index (κ2) is 9.52. The van der Waals surface area contributed by atoms with Crippen LogP contribution in [0.2, 0.25) is 0 Å². The third kappa shape index (κ3) is 4.20. The first-order valence-corrected chi connectivity index (χ1v) is 11.7. The maximum atomic E-state index is 13.1. The Balaban J connectivity index is 1.66. The first-order chi connectivity index (χ1) is 15.0. The maximum Gasteiger partial charge on any atom is 0.417 e. The number of hydrogen-bond acceptors (Lipinski definition) is 7. The number of hydrogen-bond donors (Lipinski definition) is 4. The van der Waals surface area contributed by atoms with Gasteiger partial charge in [0.1, 0.15) is 12.1 Å². The molecule has 11 heteroatoms. The molecule has 0 bridgehead atoms. The van der Waals surface area contributed by atoms with Crippen molar-refractivity contribution in [1.82, 2.24) is 10.2 Å². The predicted molar refractivity (Wildman–Crippen MR) is 114 cm³/mol. The molecule has 32 heavy (non-hydrogen) atoms. The summed E-state index contributed by atoms with van der Waals surface area (Å²) in [6.07, 6.45) is 0.657. The van der Waals surface area contributed by atoms with E-state index in [1.165, 1.54) is 0 Å². The molecule has 0 spiro atoms. The van der Waals surface area contributed by atoms with Gasteiger partial charge in [0.05, 0.1) is 18.1 Å². The number of carboxylic acid groups (broad SMARTS) is 1. The number of imide groups is 1. The molecule has 180 valence electrons. The number of likely N-dealkylation sites (tertiary alicyclic amines) is 1. The van der Waals surface area contributed by atoms with Gasteiger partial charge in [-0.15, -0.1) is 11.6 Å². The first-order valence-electron chi connectivity index (χ1n) is 11.1. The van der Waals surface area contributed by atoms with Crippen molar-refractivity contribution >= 4 is 35.5 Å². The third-order valence-corrected chi connectivity index (χ3v) is 7.26. The molecule has 3 fully saturated rings. The molecule has 0 aromatic rings. The van der Waals surface area contributed by atoms with Crippen molar-refractivity contribution in [3.63, 3.8) is 0 Å². The molecular formula is C21H32ClN3O7. The van der Waals surface area contributed by atoms with Crippen LogP contribution < -0.4 is 11.1 Å². The van der Waals surface area contributed by atoms with Gasteiger partial charge in [-0.25, -0.2) is 9.69 Å². The van der Waals surface area contributed by atoms with E-state index in [9.17, 15) is 24.3 Å². The van der Waals surface area contributed by atoms with Crippen molar-refractivity contribution in [2.45, 2.75) is 82.2 Å². The number of nitrogens with zero attached hydrogens (tertiary/aromatic N) is 1. The zero-order valence-electron chi connectivity index (χ0n) is 18.3. The number of halogens is 1. The number of β-lactam (4-membered cyclic amide) rings is 1. The number of amides is 3. The summed E-state index contributed by atoms with van der Waals surface area (Å²) >= 11 is 5.85. The minimum atomic E-state index is -1.54. The highest BCUT2D eigenvalue weighted by atomic mass is 35.5. The molecule has 0 aromatic carbocycles. The fraction of sp³-hybridized carbons (Fsp3) is 0.810. The highest BCUT2D eigenvalue weighted by Crippen LogP contribution is 2.46. The Morgan fingerprint density at radius 2 is 1.91 bits per heavy atom. The predicted octanol–water partition coefficient (Wildman–Crippen LogP) is 0.825. The molecule has 2 saturated heterocycles. The molecule has 2 aliphatic heterocycles. The van der Waals surface area contributed by atoms with Crippen molar-refractivity contribution in [2.75, 3.05) is 5.88 Å². The van der Waals surface area contributed by atoms with Crippen LogP contribution in [0.25, 0.3) is 0 Å². The highest BCUT2D eigenvalue weighted by molar-refractivity contribution is 6.18. The molecular weight excluding hydrogens is 442 g/mol. The van der Waals surface area contributed by atoms with E-state index in [0.29, 0.717) is 32.1 Å². The largest absolute Gasteiger partial charge is 0.480 e. The molecule has 1 saturated carbocycles. The lowest BCUT2D eigenvalue weighted by molar-refractivity contribution is -0.170. The number of aliphatic carboxylic acids is 1. The number of carbonyl (C=O) groups is 4. The summed E-state index contributed by atoms with van der Waals surface area (Å²) in [4.78, 5) is 50.5. The van der Waals surface area contributed by atoms with Gasteiger partial charge in [-0.05, 0) is 50.4 Å². The fourth-order valence-corrected chi connectivity index (χ4v) is 5.54. The molecule has 1 aliphatic carbocycles. The Kier molecular flexibility index (Phi) is 7.36. The minimum absolute atomic E-state index is 0.139. The van der Waals surface area contributed by atoms with Crippen molar-refractivity contribution in [1.29, 1.82) is 0 Å². The summed E-state index contributed by atoms with van der Waals surface area (Å²) in [5.41, 5.74) is 4.07. The van der Waals surface area contributed by atoms with Gasteiger partial charge in [-0.2, -0.15) is 0 Å². The van der Waals surface area contributed by atoms with Gasteiger partial charge in [0.25, 0.3) is 5.91 Å². The normalized spacial score (nSPS) is 33.9. The SMILES string of the molecule is CC(C)[C@@H](O)C12NC(=O)[C@@H](CCCl)[C@H]1N(C(=O)OC1CCC(CC(N)C(=O)O)CC1)C2=O. The Bertz CT molecular complexity index is 770. The molecule has 0 radical (unpaired) electrons. The standard InChI is InChI=1S/C21H32ClN3O7/c1-10(2)16(26)21-15(13(7-8-22)17(27)24-21)25(19(21)30)20(31)32-12-5-3-11(4-6-12)9-14(23)18(28)29/h10-16,26H,3-9,23H2,1-2H3,(H,24,27)(H,28,29)/t11?,12?,13-,14?,15+,16+,21?/m0/s1. The Morgan fingerprint density at radius 1 is 1.28 bits per heavy atom. The van der Waals surface area contributed by atoms with E-state index >= 15 is 0 Å². The number of fused-ring (bicyclic) bond motifs is 1. The van der Waals surface area contributed by atoms with Crippen LogP contribution in [0.5, 0.6) is 0 Å². The Labute approximate surface area is 191 Å². The lowest BCUT2D eigenvalue weighted by Crippen LogP contribution is -2.82. The summed E-state index contributed by atoms with van der Waals surface area (Å²) in [6.45, 7) is 3.47. The zero-order chi connectivity index (χ0) is 23.8. The van der Waals surface area contributed by atoms with E-state index in [4.69, 9.17) is 27.2 Å². The van der Waals surface area contributed by atoms with Crippen LogP contribution in [0.4, 0.5) is 4.79 Å². The molecule has 0 aromatic heterocycles. The molecule has 10 nitrogen and oxygen atoms in total. The summed E-state index contributed by atoms with van der Waals surface area (Å²) in [5, 5.41) is 22.4. The van der Waals surface area contributed by atoms with Gasteiger partial charge in [-0.1, -0.05) is 13.8 Å². The third-order valence-electron chi connectivity index (χ3n) is 7.05. The molecule has 5 N–H and O–H groups in total. The summed E-state index contributed by atoms with van der Waals surface area (Å²) in [7, 11) is 0. The van der Waals surface area contributed by atoms with Crippen LogP contribution in [0, 0.1) is 17.8 Å². The van der Waals surface area contributed by atoms with Gasteiger partial charge >= 0.3 is 12.1 Å². The van der Waals surface area contributed by atoms with Crippen LogP contribution in [0.15, 0.2) is 0 Å². The number of alkyl halides is 1. The van der Waals surface area contributed by atoms with E-state index in [1.54, 1.807) is 13.8 Å². The van der Waals surface area contributed by atoms with Crippen LogP contribution in [-0.4, -0.2) is 74.7 Å². The second-order valence-electron chi connectivity index (χ2n) is 9.46. The van der Waals surface area contributed by atoms with Crippen molar-refractivity contribution in [2.24, 2.45) is 23.5 Å². The van der Waals surface area contributed by atoms with E-state index in [2.05, 4.69) is 5.32 Å². The van der Waals surface area contributed by atoms with E-state index in [-0.39, 0.29) is 24.1 Å². The first kappa shape index (κ1) is 24.7. The quantitative estimate of drug-likeness (QED) is 0.298. The second-order valence-corrected chi connectivity index (χ2v) is 9.84. The van der Waals surface area contributed by atoms with Gasteiger partial charge in [0.2, 0.25) is 5.91 Å². The number of ether oxygens (including phenoxy) is 1. The lowest BCUT2D eigenvalue weighted by Gasteiger charge is -2.53. The Morgan fingerprint density at radius 3 is 2.44 bits per heavy atom. The van der Waals surface area contributed by atoms with Gasteiger partial charge in [0, 0.05) is 5.88 Å². The van der Waals surface area contributed by atoms with Crippen LogP contribution in [0.1, 0.15) is 52.4 Å². The molecule has 3 rings (SSSR count). The Hall–Kier alpha value is -1.91. The summed E-state index contributed by atoms with van der Waals surface area (Å²) < 4.78 is 5.59. The van der Waals surface area contributed by atoms with Crippen molar-refractivity contribution < 1.29 is 34.1 Å². The number of carbonyl (C=O) groups excluding carboxylic acids is 3.